The molecule has 1 aromatic heterocycles. The highest BCUT2D eigenvalue weighted by Gasteiger charge is 2.12. The summed E-state index contributed by atoms with van der Waals surface area (Å²) in [6, 6.07) is 10.8. The molecule has 2 nitrogen and oxygen atoms in total. The second kappa shape index (κ2) is 6.36. The van der Waals surface area contributed by atoms with Crippen LogP contribution < -0.4 is 5.32 Å². The maximum atomic E-state index is 4.55. The Labute approximate surface area is 121 Å². The number of aryl methyl sites for hydroxylation is 1. The van der Waals surface area contributed by atoms with Crippen LogP contribution in [0.3, 0.4) is 0 Å². The number of hydrogen-bond donors (Lipinski definition) is 1. The third-order valence-corrected chi connectivity index (χ3v) is 4.38. The van der Waals surface area contributed by atoms with Crippen LogP contribution in [-0.4, -0.2) is 11.5 Å². The molecule has 0 saturated heterocycles. The fourth-order valence-electron chi connectivity index (χ4n) is 3.20. The summed E-state index contributed by atoms with van der Waals surface area (Å²) >= 11 is 0. The molecule has 1 aliphatic rings. The normalized spacial score (nSPS) is 16.6. The Morgan fingerprint density at radius 1 is 1.10 bits per heavy atom. The lowest BCUT2D eigenvalue weighted by Gasteiger charge is -2.21. The summed E-state index contributed by atoms with van der Waals surface area (Å²) in [7, 11) is 0. The van der Waals surface area contributed by atoms with Gasteiger partial charge in [-0.15, -0.1) is 0 Å². The summed E-state index contributed by atoms with van der Waals surface area (Å²) < 4.78 is 0. The van der Waals surface area contributed by atoms with Gasteiger partial charge >= 0.3 is 0 Å². The average Bonchev–Trinajstić information content (AvgIpc) is 2.48. The number of fused-ring (bicyclic) bond motifs is 1. The number of aromatic nitrogens is 1. The van der Waals surface area contributed by atoms with Crippen molar-refractivity contribution in [2.45, 2.75) is 45.6 Å². The SMILES string of the molecule is Cc1ccc2cc(CNCC3CCCCC3)ccc2n1. The molecular formula is C18H24N2. The van der Waals surface area contributed by atoms with Gasteiger partial charge in [-0.05, 0) is 56.0 Å². The van der Waals surface area contributed by atoms with Crippen LogP contribution >= 0.6 is 0 Å². The van der Waals surface area contributed by atoms with E-state index in [1.165, 1.54) is 49.6 Å². The maximum Gasteiger partial charge on any atom is 0.0705 e. The molecule has 1 fully saturated rings. The largest absolute Gasteiger partial charge is 0.312 e. The third kappa shape index (κ3) is 3.37. The first-order chi connectivity index (χ1) is 9.81. The monoisotopic (exact) mass is 268 g/mol. The van der Waals surface area contributed by atoms with Crippen molar-refractivity contribution >= 4 is 10.9 Å². The van der Waals surface area contributed by atoms with Crippen molar-refractivity contribution in [3.05, 3.63) is 41.6 Å². The van der Waals surface area contributed by atoms with E-state index in [2.05, 4.69) is 40.6 Å². The molecule has 2 aromatic rings. The molecule has 2 heteroatoms. The highest BCUT2D eigenvalue weighted by atomic mass is 14.9. The Morgan fingerprint density at radius 3 is 2.80 bits per heavy atom. The minimum Gasteiger partial charge on any atom is -0.312 e. The lowest BCUT2D eigenvalue weighted by Crippen LogP contribution is -2.24. The Kier molecular flexibility index (Phi) is 4.31. The molecule has 106 valence electrons. The standard InChI is InChI=1S/C18H24N2/c1-14-7-9-17-11-16(8-10-18(17)20-14)13-19-12-15-5-3-2-4-6-15/h7-11,15,19H,2-6,12-13H2,1H3. The van der Waals surface area contributed by atoms with Crippen LogP contribution in [-0.2, 0) is 6.54 Å². The van der Waals surface area contributed by atoms with E-state index >= 15 is 0 Å². The molecular weight excluding hydrogens is 244 g/mol. The molecule has 0 atom stereocenters. The third-order valence-electron chi connectivity index (χ3n) is 4.38. The highest BCUT2D eigenvalue weighted by molar-refractivity contribution is 5.79. The summed E-state index contributed by atoms with van der Waals surface area (Å²) in [6.07, 6.45) is 7.11. The summed E-state index contributed by atoms with van der Waals surface area (Å²) in [6.45, 7) is 4.18. The number of nitrogens with zero attached hydrogens (tertiary/aromatic N) is 1. The second-order valence-corrected chi connectivity index (χ2v) is 6.11. The zero-order chi connectivity index (χ0) is 13.8. The molecule has 1 N–H and O–H groups in total. The van der Waals surface area contributed by atoms with Crippen molar-refractivity contribution in [1.29, 1.82) is 0 Å². The number of pyridine rings is 1. The molecule has 1 aromatic carbocycles. The van der Waals surface area contributed by atoms with Gasteiger partial charge in [0, 0.05) is 17.6 Å². The number of benzene rings is 1. The van der Waals surface area contributed by atoms with Gasteiger partial charge in [-0.3, -0.25) is 4.98 Å². The first-order valence-corrected chi connectivity index (χ1v) is 7.88. The lowest BCUT2D eigenvalue weighted by molar-refractivity contribution is 0.342. The van der Waals surface area contributed by atoms with Crippen molar-refractivity contribution in [2.24, 2.45) is 5.92 Å². The minimum absolute atomic E-state index is 0.897. The quantitative estimate of drug-likeness (QED) is 0.898. The zero-order valence-corrected chi connectivity index (χ0v) is 12.4. The second-order valence-electron chi connectivity index (χ2n) is 6.11. The fourth-order valence-corrected chi connectivity index (χ4v) is 3.20. The van der Waals surface area contributed by atoms with Crippen molar-refractivity contribution in [2.75, 3.05) is 6.54 Å². The predicted molar refractivity (Wildman–Crippen MR) is 84.8 cm³/mol. The van der Waals surface area contributed by atoms with E-state index in [1.807, 2.05) is 6.92 Å². The maximum absolute atomic E-state index is 4.55. The van der Waals surface area contributed by atoms with E-state index in [1.54, 1.807) is 0 Å². The van der Waals surface area contributed by atoms with Crippen molar-refractivity contribution in [3.63, 3.8) is 0 Å². The van der Waals surface area contributed by atoms with E-state index in [0.717, 1.165) is 23.7 Å². The van der Waals surface area contributed by atoms with Crippen LogP contribution in [0.5, 0.6) is 0 Å². The summed E-state index contributed by atoms with van der Waals surface area (Å²) in [5.41, 5.74) is 3.54. The van der Waals surface area contributed by atoms with Gasteiger partial charge in [0.2, 0.25) is 0 Å². The lowest BCUT2D eigenvalue weighted by atomic mass is 9.89. The summed E-state index contributed by atoms with van der Waals surface area (Å²) in [5.74, 6) is 0.897. The Bertz CT molecular complexity index is 571. The molecule has 0 bridgehead atoms. The molecule has 0 spiro atoms. The van der Waals surface area contributed by atoms with Gasteiger partial charge in [-0.1, -0.05) is 31.4 Å². The smallest absolute Gasteiger partial charge is 0.0705 e. The highest BCUT2D eigenvalue weighted by Crippen LogP contribution is 2.23. The van der Waals surface area contributed by atoms with Crippen LogP contribution in [0.2, 0.25) is 0 Å². The first kappa shape index (κ1) is 13.6. The molecule has 1 saturated carbocycles. The number of nitrogens with one attached hydrogen (secondary N) is 1. The van der Waals surface area contributed by atoms with Crippen LogP contribution in [0.25, 0.3) is 10.9 Å². The van der Waals surface area contributed by atoms with E-state index in [4.69, 9.17) is 0 Å². The van der Waals surface area contributed by atoms with Crippen molar-refractivity contribution in [3.8, 4) is 0 Å². The molecule has 0 amide bonds. The van der Waals surface area contributed by atoms with Crippen molar-refractivity contribution < 1.29 is 0 Å². The zero-order valence-electron chi connectivity index (χ0n) is 12.4. The minimum atomic E-state index is 0.897. The fraction of sp³-hybridized carbons (Fsp3) is 0.500. The Balaban J connectivity index is 1.58. The number of hydrogen-bond acceptors (Lipinski definition) is 2. The molecule has 1 heterocycles. The van der Waals surface area contributed by atoms with E-state index in [0.29, 0.717) is 0 Å². The molecule has 0 radical (unpaired) electrons. The number of rotatable bonds is 4. The molecule has 20 heavy (non-hydrogen) atoms. The molecule has 3 rings (SSSR count). The Morgan fingerprint density at radius 2 is 1.95 bits per heavy atom. The van der Waals surface area contributed by atoms with Gasteiger partial charge < -0.3 is 5.32 Å². The van der Waals surface area contributed by atoms with Gasteiger partial charge in [-0.2, -0.15) is 0 Å². The predicted octanol–water partition coefficient (Wildman–Crippen LogP) is 4.21. The average molecular weight is 268 g/mol. The van der Waals surface area contributed by atoms with Gasteiger partial charge in [0.25, 0.3) is 0 Å². The van der Waals surface area contributed by atoms with Crippen LogP contribution in [0.1, 0.15) is 43.4 Å². The summed E-state index contributed by atoms with van der Waals surface area (Å²) in [5, 5.41) is 4.87. The molecule has 0 aliphatic heterocycles. The van der Waals surface area contributed by atoms with Gasteiger partial charge in [0.05, 0.1) is 5.52 Å². The Hall–Kier alpha value is -1.41. The van der Waals surface area contributed by atoms with E-state index in [-0.39, 0.29) is 0 Å². The molecule has 0 unspecified atom stereocenters. The van der Waals surface area contributed by atoms with Crippen molar-refractivity contribution in [1.82, 2.24) is 10.3 Å². The van der Waals surface area contributed by atoms with Crippen LogP contribution in [0.4, 0.5) is 0 Å². The van der Waals surface area contributed by atoms with Gasteiger partial charge in [-0.25, -0.2) is 0 Å². The van der Waals surface area contributed by atoms with E-state index < -0.39 is 0 Å². The molecule has 1 aliphatic carbocycles. The van der Waals surface area contributed by atoms with Gasteiger partial charge in [0.15, 0.2) is 0 Å². The van der Waals surface area contributed by atoms with Crippen LogP contribution in [0, 0.1) is 12.8 Å². The topological polar surface area (TPSA) is 24.9 Å². The van der Waals surface area contributed by atoms with E-state index in [9.17, 15) is 0 Å². The first-order valence-electron chi connectivity index (χ1n) is 7.88. The van der Waals surface area contributed by atoms with Gasteiger partial charge in [0.1, 0.15) is 0 Å². The van der Waals surface area contributed by atoms with Crippen LogP contribution in [0.15, 0.2) is 30.3 Å². The summed E-state index contributed by atoms with van der Waals surface area (Å²) in [4.78, 5) is 4.55.